The summed E-state index contributed by atoms with van der Waals surface area (Å²) in [6.07, 6.45) is 2.27. The zero-order chi connectivity index (χ0) is 16.8. The van der Waals surface area contributed by atoms with E-state index in [9.17, 15) is 9.18 Å². The largest absolute Gasteiger partial charge is 0.497 e. The number of amides is 1. The molecule has 3 rings (SSSR count). The fraction of sp³-hybridized carbons (Fsp3) is 0.588. The Morgan fingerprint density at radius 1 is 1.26 bits per heavy atom. The second kappa shape index (κ2) is 5.60. The first kappa shape index (κ1) is 16.5. The van der Waals surface area contributed by atoms with Crippen LogP contribution in [0.4, 0.5) is 4.39 Å². The molecule has 0 atom stereocenters. The monoisotopic (exact) mass is 319 g/mol. The van der Waals surface area contributed by atoms with E-state index >= 15 is 0 Å². The van der Waals surface area contributed by atoms with Crippen LogP contribution in [-0.2, 0) is 9.31 Å². The molecule has 0 unspecified atom stereocenters. The highest BCUT2D eigenvalue weighted by Gasteiger charge is 2.52. The van der Waals surface area contributed by atoms with Crippen molar-refractivity contribution in [3.63, 3.8) is 0 Å². The van der Waals surface area contributed by atoms with Gasteiger partial charge in [0.2, 0.25) is 0 Å². The van der Waals surface area contributed by atoms with E-state index in [1.165, 1.54) is 6.07 Å². The van der Waals surface area contributed by atoms with Crippen LogP contribution in [0.2, 0.25) is 0 Å². The van der Waals surface area contributed by atoms with Gasteiger partial charge < -0.3 is 14.6 Å². The van der Waals surface area contributed by atoms with Crippen molar-refractivity contribution in [2.24, 2.45) is 5.92 Å². The minimum Gasteiger partial charge on any atom is -0.399 e. The maximum absolute atomic E-state index is 14.8. The molecule has 1 saturated carbocycles. The van der Waals surface area contributed by atoms with E-state index in [1.807, 2.05) is 27.7 Å². The van der Waals surface area contributed by atoms with Gasteiger partial charge in [0.1, 0.15) is 5.82 Å². The van der Waals surface area contributed by atoms with E-state index in [-0.39, 0.29) is 16.9 Å². The average Bonchev–Trinajstić information content (AvgIpc) is 3.24. The molecule has 1 heterocycles. The summed E-state index contributed by atoms with van der Waals surface area (Å²) in [5.74, 6) is -0.402. The molecule has 23 heavy (non-hydrogen) atoms. The van der Waals surface area contributed by atoms with Crippen LogP contribution in [0, 0.1) is 11.7 Å². The predicted molar refractivity (Wildman–Crippen MR) is 87.2 cm³/mol. The highest BCUT2D eigenvalue weighted by molar-refractivity contribution is 6.62. The highest BCUT2D eigenvalue weighted by atomic mass is 19.1. The summed E-state index contributed by atoms with van der Waals surface area (Å²) in [6.45, 7) is 8.27. The lowest BCUT2D eigenvalue weighted by Gasteiger charge is -2.32. The minimum atomic E-state index is -0.809. The van der Waals surface area contributed by atoms with Crippen LogP contribution in [-0.4, -0.2) is 30.8 Å². The molecule has 4 nitrogen and oxygen atoms in total. The summed E-state index contributed by atoms with van der Waals surface area (Å²) in [7, 11) is -0.809. The summed E-state index contributed by atoms with van der Waals surface area (Å²) < 4.78 is 26.6. The summed E-state index contributed by atoms with van der Waals surface area (Å²) in [6, 6.07) is 4.76. The maximum atomic E-state index is 14.8. The molecular weight excluding hydrogens is 296 g/mol. The Balaban J connectivity index is 1.81. The van der Waals surface area contributed by atoms with Crippen molar-refractivity contribution in [3.05, 3.63) is 29.6 Å². The third-order valence-corrected chi connectivity index (χ3v) is 5.03. The highest BCUT2D eigenvalue weighted by Crippen LogP contribution is 2.36. The standard InChI is InChI=1S/C17H23BFNO3/c1-16(2)17(3,4)23-18(22-16)13-7-5-6-12(14(13)19)15(21)20-10-11-8-9-11/h5-7,11H,8-10H2,1-4H3,(H,20,21). The summed E-state index contributed by atoms with van der Waals surface area (Å²) in [5, 5.41) is 2.79. The van der Waals surface area contributed by atoms with Crippen molar-refractivity contribution in [3.8, 4) is 0 Å². The number of hydrogen-bond acceptors (Lipinski definition) is 3. The second-order valence-corrected chi connectivity index (χ2v) is 7.45. The van der Waals surface area contributed by atoms with Crippen LogP contribution in [0.25, 0.3) is 0 Å². The first-order chi connectivity index (χ1) is 10.7. The van der Waals surface area contributed by atoms with E-state index in [4.69, 9.17) is 9.31 Å². The van der Waals surface area contributed by atoms with Gasteiger partial charge in [0.25, 0.3) is 5.91 Å². The van der Waals surface area contributed by atoms with Gasteiger partial charge in [-0.05, 0) is 52.5 Å². The number of benzene rings is 1. The van der Waals surface area contributed by atoms with Crippen molar-refractivity contribution in [2.75, 3.05) is 6.54 Å². The Morgan fingerprint density at radius 3 is 2.43 bits per heavy atom. The van der Waals surface area contributed by atoms with Gasteiger partial charge in [0.15, 0.2) is 0 Å². The van der Waals surface area contributed by atoms with Crippen LogP contribution < -0.4 is 10.8 Å². The maximum Gasteiger partial charge on any atom is 0.497 e. The summed E-state index contributed by atoms with van der Waals surface area (Å²) >= 11 is 0. The quantitative estimate of drug-likeness (QED) is 0.866. The number of rotatable bonds is 4. The van der Waals surface area contributed by atoms with E-state index in [0.717, 1.165) is 12.8 Å². The number of carbonyl (C=O) groups is 1. The van der Waals surface area contributed by atoms with Crippen LogP contribution in [0.3, 0.4) is 0 Å². The zero-order valence-electron chi connectivity index (χ0n) is 14.1. The molecule has 0 aromatic heterocycles. The number of halogens is 1. The molecule has 0 bridgehead atoms. The van der Waals surface area contributed by atoms with Gasteiger partial charge in [-0.2, -0.15) is 0 Å². The van der Waals surface area contributed by atoms with Gasteiger partial charge in [0, 0.05) is 12.0 Å². The molecule has 0 radical (unpaired) electrons. The Kier molecular flexibility index (Phi) is 4.01. The third kappa shape index (κ3) is 3.15. The van der Waals surface area contributed by atoms with Crippen molar-refractivity contribution in [1.82, 2.24) is 5.32 Å². The van der Waals surface area contributed by atoms with E-state index in [2.05, 4.69) is 5.32 Å². The second-order valence-electron chi connectivity index (χ2n) is 7.45. The van der Waals surface area contributed by atoms with E-state index < -0.39 is 24.1 Å². The van der Waals surface area contributed by atoms with Crippen LogP contribution >= 0.6 is 0 Å². The molecule has 124 valence electrons. The number of nitrogens with one attached hydrogen (secondary N) is 1. The number of hydrogen-bond donors (Lipinski definition) is 1. The molecule has 2 fully saturated rings. The molecule has 0 spiro atoms. The van der Waals surface area contributed by atoms with E-state index in [0.29, 0.717) is 12.5 Å². The van der Waals surface area contributed by atoms with Crippen LogP contribution in [0.15, 0.2) is 18.2 Å². The Labute approximate surface area is 136 Å². The van der Waals surface area contributed by atoms with Gasteiger partial charge in [-0.3, -0.25) is 4.79 Å². The molecule has 1 aliphatic carbocycles. The van der Waals surface area contributed by atoms with Gasteiger partial charge in [0.05, 0.1) is 16.8 Å². The predicted octanol–water partition coefficient (Wildman–Crippen LogP) is 2.26. The fourth-order valence-electron chi connectivity index (χ4n) is 2.53. The average molecular weight is 319 g/mol. The molecule has 1 aromatic carbocycles. The lowest BCUT2D eigenvalue weighted by Crippen LogP contribution is -2.41. The molecular formula is C17H23BFNO3. The lowest BCUT2D eigenvalue weighted by molar-refractivity contribution is 0.00578. The SMILES string of the molecule is CC1(C)OB(c2cccc(C(=O)NCC3CC3)c2F)OC1(C)C. The van der Waals surface area contributed by atoms with Crippen LogP contribution in [0.1, 0.15) is 50.9 Å². The fourth-order valence-corrected chi connectivity index (χ4v) is 2.53. The molecule has 2 aliphatic rings. The Morgan fingerprint density at radius 2 is 1.87 bits per heavy atom. The zero-order valence-corrected chi connectivity index (χ0v) is 14.1. The van der Waals surface area contributed by atoms with Gasteiger partial charge >= 0.3 is 7.12 Å². The third-order valence-electron chi connectivity index (χ3n) is 5.03. The Bertz CT molecular complexity index is 612. The van der Waals surface area contributed by atoms with Crippen LogP contribution in [0.5, 0.6) is 0 Å². The molecule has 1 N–H and O–H groups in total. The normalized spacial score (nSPS) is 22.2. The molecule has 1 saturated heterocycles. The Hall–Kier alpha value is -1.40. The molecule has 1 aliphatic heterocycles. The van der Waals surface area contributed by atoms with Gasteiger partial charge in [-0.15, -0.1) is 0 Å². The summed E-state index contributed by atoms with van der Waals surface area (Å²) in [4.78, 5) is 12.2. The molecule has 1 aromatic rings. The first-order valence-electron chi connectivity index (χ1n) is 8.13. The van der Waals surface area contributed by atoms with E-state index in [1.54, 1.807) is 12.1 Å². The van der Waals surface area contributed by atoms with Gasteiger partial charge in [-0.1, -0.05) is 12.1 Å². The van der Waals surface area contributed by atoms with Gasteiger partial charge in [-0.25, -0.2) is 4.39 Å². The number of carbonyl (C=O) groups excluding carboxylic acids is 1. The van der Waals surface area contributed by atoms with Crippen molar-refractivity contribution >= 4 is 18.5 Å². The molecule has 6 heteroatoms. The lowest BCUT2D eigenvalue weighted by atomic mass is 9.77. The minimum absolute atomic E-state index is 0.0397. The first-order valence-corrected chi connectivity index (χ1v) is 8.13. The topological polar surface area (TPSA) is 47.6 Å². The van der Waals surface area contributed by atoms with Crippen molar-refractivity contribution in [2.45, 2.75) is 51.7 Å². The van der Waals surface area contributed by atoms with Crippen molar-refractivity contribution in [1.29, 1.82) is 0 Å². The summed E-state index contributed by atoms with van der Waals surface area (Å²) in [5.41, 5.74) is -0.788. The van der Waals surface area contributed by atoms with Crippen molar-refractivity contribution < 1.29 is 18.5 Å². The smallest absolute Gasteiger partial charge is 0.399 e. The molecule has 1 amide bonds.